The van der Waals surface area contributed by atoms with Crippen molar-refractivity contribution >= 4 is 17.4 Å². The molecule has 0 saturated carbocycles. The van der Waals surface area contributed by atoms with E-state index in [9.17, 15) is 4.79 Å². The number of carbonyl (C=O) groups excluding carboxylic acids is 1. The number of benzene rings is 1. The van der Waals surface area contributed by atoms with Gasteiger partial charge in [0.25, 0.3) is 0 Å². The molecule has 1 aliphatic heterocycles. The Kier molecular flexibility index (Phi) is 4.35. The van der Waals surface area contributed by atoms with Crippen molar-refractivity contribution in [1.82, 2.24) is 0 Å². The van der Waals surface area contributed by atoms with Crippen LogP contribution in [0.4, 0.5) is 0 Å². The summed E-state index contributed by atoms with van der Waals surface area (Å²) in [5.41, 5.74) is 0.699. The number of halogens is 1. The van der Waals surface area contributed by atoms with E-state index < -0.39 is 5.92 Å². The number of hydrogen-bond acceptors (Lipinski definition) is 3. The van der Waals surface area contributed by atoms with Gasteiger partial charge in [-0.3, -0.25) is 4.79 Å². The van der Waals surface area contributed by atoms with Crippen molar-refractivity contribution in [1.29, 1.82) is 5.26 Å². The van der Waals surface area contributed by atoms with E-state index in [4.69, 9.17) is 21.6 Å². The minimum absolute atomic E-state index is 0.0133. The van der Waals surface area contributed by atoms with Crippen molar-refractivity contribution < 1.29 is 9.53 Å². The molecule has 1 fully saturated rings. The zero-order valence-electron chi connectivity index (χ0n) is 9.93. The van der Waals surface area contributed by atoms with Crippen LogP contribution in [0.25, 0.3) is 0 Å². The second-order valence-electron chi connectivity index (χ2n) is 4.42. The van der Waals surface area contributed by atoms with E-state index in [0.717, 1.165) is 19.4 Å². The molecule has 94 valence electrons. The van der Waals surface area contributed by atoms with E-state index in [0.29, 0.717) is 17.0 Å². The molecule has 0 aliphatic carbocycles. The minimum atomic E-state index is -0.716. The molecule has 1 aromatic rings. The third-order valence-corrected chi connectivity index (χ3v) is 3.36. The zero-order valence-corrected chi connectivity index (χ0v) is 10.7. The highest BCUT2D eigenvalue weighted by Crippen LogP contribution is 2.23. The lowest BCUT2D eigenvalue weighted by Gasteiger charge is -2.12. The lowest BCUT2D eigenvalue weighted by Crippen LogP contribution is -2.18. The molecule has 0 aromatic heterocycles. The normalized spacial score (nSPS) is 20.3. The zero-order chi connectivity index (χ0) is 13.0. The molecule has 1 aliphatic rings. The first-order chi connectivity index (χ1) is 8.70. The second-order valence-corrected chi connectivity index (χ2v) is 4.86. The van der Waals surface area contributed by atoms with Crippen LogP contribution in [0.1, 0.15) is 30.7 Å². The molecule has 0 spiro atoms. The fourth-order valence-electron chi connectivity index (χ4n) is 2.14. The molecule has 1 aromatic carbocycles. The third kappa shape index (κ3) is 3.10. The summed E-state index contributed by atoms with van der Waals surface area (Å²) in [7, 11) is 0. The highest BCUT2D eigenvalue weighted by atomic mass is 35.5. The van der Waals surface area contributed by atoms with E-state index in [1.54, 1.807) is 24.3 Å². The van der Waals surface area contributed by atoms with Gasteiger partial charge >= 0.3 is 0 Å². The molecule has 2 unspecified atom stereocenters. The highest BCUT2D eigenvalue weighted by molar-refractivity contribution is 6.30. The molecule has 0 N–H and O–H groups in total. The van der Waals surface area contributed by atoms with Crippen LogP contribution in [0.2, 0.25) is 5.02 Å². The minimum Gasteiger partial charge on any atom is -0.378 e. The van der Waals surface area contributed by atoms with Crippen LogP contribution in [0.3, 0.4) is 0 Å². The lowest BCUT2D eigenvalue weighted by atomic mass is 9.92. The smallest absolute Gasteiger partial charge is 0.157 e. The third-order valence-electron chi connectivity index (χ3n) is 3.11. The SMILES string of the molecule is N#CC(C(=O)CC1CCCO1)c1ccc(Cl)cc1. The summed E-state index contributed by atoms with van der Waals surface area (Å²) in [5.74, 6) is -0.793. The monoisotopic (exact) mass is 263 g/mol. The molecule has 2 atom stereocenters. The van der Waals surface area contributed by atoms with Crippen molar-refractivity contribution in [2.45, 2.75) is 31.3 Å². The number of ketones is 1. The van der Waals surface area contributed by atoms with Gasteiger partial charge in [0.2, 0.25) is 0 Å². The summed E-state index contributed by atoms with van der Waals surface area (Å²) in [5, 5.41) is 9.75. The maximum Gasteiger partial charge on any atom is 0.157 e. The topological polar surface area (TPSA) is 50.1 Å². The van der Waals surface area contributed by atoms with E-state index in [-0.39, 0.29) is 11.9 Å². The van der Waals surface area contributed by atoms with Gasteiger partial charge in [-0.2, -0.15) is 5.26 Å². The number of nitrogens with zero attached hydrogens (tertiary/aromatic N) is 1. The lowest BCUT2D eigenvalue weighted by molar-refractivity contribution is -0.121. The van der Waals surface area contributed by atoms with E-state index in [2.05, 4.69) is 6.07 Å². The summed E-state index contributed by atoms with van der Waals surface area (Å²) in [6.07, 6.45) is 2.21. The van der Waals surface area contributed by atoms with Crippen LogP contribution in [-0.2, 0) is 9.53 Å². The average molecular weight is 264 g/mol. The number of ether oxygens (including phenoxy) is 1. The molecule has 3 nitrogen and oxygen atoms in total. The standard InChI is InChI=1S/C14H14ClNO2/c15-11-5-3-10(4-6-11)13(9-16)14(17)8-12-2-1-7-18-12/h3-6,12-13H,1-2,7-8H2. The van der Waals surface area contributed by atoms with E-state index in [1.165, 1.54) is 0 Å². The Bertz CT molecular complexity index is 458. The van der Waals surface area contributed by atoms with E-state index >= 15 is 0 Å². The van der Waals surface area contributed by atoms with Gasteiger partial charge in [0.1, 0.15) is 5.92 Å². The number of rotatable bonds is 4. The van der Waals surface area contributed by atoms with Gasteiger partial charge in [-0.15, -0.1) is 0 Å². The molecule has 4 heteroatoms. The molecular formula is C14H14ClNO2. The number of hydrogen-bond donors (Lipinski definition) is 0. The summed E-state index contributed by atoms with van der Waals surface area (Å²) in [6.45, 7) is 0.718. The first kappa shape index (κ1) is 13.1. The Morgan fingerprint density at radius 3 is 2.78 bits per heavy atom. The van der Waals surface area contributed by atoms with Crippen LogP contribution < -0.4 is 0 Å². The van der Waals surface area contributed by atoms with Crippen molar-refractivity contribution in [2.24, 2.45) is 0 Å². The van der Waals surface area contributed by atoms with Crippen LogP contribution >= 0.6 is 11.6 Å². The maximum absolute atomic E-state index is 12.1. The van der Waals surface area contributed by atoms with Crippen LogP contribution in [-0.4, -0.2) is 18.5 Å². The Hall–Kier alpha value is -1.37. The number of nitriles is 1. The maximum atomic E-state index is 12.1. The molecule has 0 radical (unpaired) electrons. The van der Waals surface area contributed by atoms with Gasteiger partial charge < -0.3 is 4.74 Å². The van der Waals surface area contributed by atoms with Crippen molar-refractivity contribution in [2.75, 3.05) is 6.61 Å². The molecule has 18 heavy (non-hydrogen) atoms. The van der Waals surface area contributed by atoms with E-state index in [1.807, 2.05) is 0 Å². The highest BCUT2D eigenvalue weighted by Gasteiger charge is 2.25. The van der Waals surface area contributed by atoms with Crippen LogP contribution in [0.5, 0.6) is 0 Å². The van der Waals surface area contributed by atoms with Crippen molar-refractivity contribution in [3.63, 3.8) is 0 Å². The molecule has 2 rings (SSSR count). The van der Waals surface area contributed by atoms with Crippen LogP contribution in [0, 0.1) is 11.3 Å². The van der Waals surface area contributed by atoms with Gasteiger partial charge in [0.05, 0.1) is 12.2 Å². The summed E-state index contributed by atoms with van der Waals surface area (Å²) in [4.78, 5) is 12.1. The van der Waals surface area contributed by atoms with Crippen LogP contribution in [0.15, 0.2) is 24.3 Å². The number of Topliss-reactive ketones (excluding diaryl/α,β-unsaturated/α-hetero) is 1. The first-order valence-electron chi connectivity index (χ1n) is 6.00. The van der Waals surface area contributed by atoms with Gasteiger partial charge in [0, 0.05) is 18.1 Å². The Morgan fingerprint density at radius 1 is 1.50 bits per heavy atom. The molecule has 0 bridgehead atoms. The molecule has 0 amide bonds. The van der Waals surface area contributed by atoms with Gasteiger partial charge in [-0.25, -0.2) is 0 Å². The molecule has 1 saturated heterocycles. The van der Waals surface area contributed by atoms with Gasteiger partial charge in [-0.05, 0) is 30.5 Å². The first-order valence-corrected chi connectivity index (χ1v) is 6.38. The average Bonchev–Trinajstić information content (AvgIpc) is 2.85. The van der Waals surface area contributed by atoms with Crippen molar-refractivity contribution in [3.8, 4) is 6.07 Å². The van der Waals surface area contributed by atoms with Gasteiger partial charge in [-0.1, -0.05) is 23.7 Å². The Labute approximate surface area is 111 Å². The molecular weight excluding hydrogens is 250 g/mol. The summed E-state index contributed by atoms with van der Waals surface area (Å²) >= 11 is 5.79. The quantitative estimate of drug-likeness (QED) is 0.839. The fraction of sp³-hybridized carbons (Fsp3) is 0.429. The fourth-order valence-corrected chi connectivity index (χ4v) is 2.26. The second kappa shape index (κ2) is 5.99. The molecule has 1 heterocycles. The van der Waals surface area contributed by atoms with Gasteiger partial charge in [0.15, 0.2) is 5.78 Å². The largest absolute Gasteiger partial charge is 0.378 e. The van der Waals surface area contributed by atoms with Crippen molar-refractivity contribution in [3.05, 3.63) is 34.9 Å². The summed E-state index contributed by atoms with van der Waals surface area (Å²) < 4.78 is 5.42. The number of carbonyl (C=O) groups is 1. The predicted octanol–water partition coefficient (Wildman–Crippen LogP) is 3.09. The Balaban J connectivity index is 2.06. The summed E-state index contributed by atoms with van der Waals surface area (Å²) in [6, 6.07) is 8.91. The Morgan fingerprint density at radius 2 is 2.22 bits per heavy atom. The predicted molar refractivity (Wildman–Crippen MR) is 68.4 cm³/mol.